The van der Waals surface area contributed by atoms with Gasteiger partial charge in [-0.05, 0) is 26.0 Å². The van der Waals surface area contributed by atoms with Crippen LogP contribution in [0.3, 0.4) is 0 Å². The number of carbonyl (C=O) groups excluding carboxylic acids is 1. The first kappa shape index (κ1) is 18.2. The molecule has 0 bridgehead atoms. The maximum Gasteiger partial charge on any atom is 0.240 e. The van der Waals surface area contributed by atoms with E-state index in [-0.39, 0.29) is 11.2 Å². The smallest absolute Gasteiger partial charge is 0.240 e. The van der Waals surface area contributed by atoms with Gasteiger partial charge in [0.05, 0.1) is 5.25 Å². The van der Waals surface area contributed by atoms with E-state index >= 15 is 0 Å². The van der Waals surface area contributed by atoms with Crippen molar-refractivity contribution >= 4 is 23.4 Å². The summed E-state index contributed by atoms with van der Waals surface area (Å²) < 4.78 is 1.93. The van der Waals surface area contributed by atoms with Crippen molar-refractivity contribution in [1.82, 2.24) is 14.8 Å². The molecule has 1 amide bonds. The minimum Gasteiger partial charge on any atom is -0.312 e. The Labute approximate surface area is 158 Å². The fourth-order valence-electron chi connectivity index (χ4n) is 2.76. The second-order valence-electron chi connectivity index (χ2n) is 5.91. The number of benzene rings is 2. The highest BCUT2D eigenvalue weighted by atomic mass is 32.2. The molecular weight excluding hydrogens is 344 g/mol. The summed E-state index contributed by atoms with van der Waals surface area (Å²) in [5.41, 5.74) is 1.92. The van der Waals surface area contributed by atoms with E-state index in [0.717, 1.165) is 22.2 Å². The quantitative estimate of drug-likeness (QED) is 0.619. The summed E-state index contributed by atoms with van der Waals surface area (Å²) in [6, 6.07) is 19.7. The fourth-order valence-corrected chi connectivity index (χ4v) is 3.63. The van der Waals surface area contributed by atoms with Crippen molar-refractivity contribution in [3.8, 4) is 11.4 Å². The van der Waals surface area contributed by atoms with Crippen molar-refractivity contribution in [2.45, 2.75) is 24.3 Å². The van der Waals surface area contributed by atoms with E-state index in [2.05, 4.69) is 10.2 Å². The number of carbonyl (C=O) groups is 1. The number of nitrogens with zero attached hydrogens (tertiary/aromatic N) is 4. The molecule has 1 unspecified atom stereocenters. The van der Waals surface area contributed by atoms with Crippen LogP contribution in [0.2, 0.25) is 0 Å². The first-order valence-electron chi connectivity index (χ1n) is 8.59. The average molecular weight is 366 g/mol. The molecule has 0 radical (unpaired) electrons. The van der Waals surface area contributed by atoms with Gasteiger partial charge < -0.3 is 9.47 Å². The summed E-state index contributed by atoms with van der Waals surface area (Å²) in [6.45, 7) is 4.52. The maximum absolute atomic E-state index is 12.9. The SMILES string of the molecule is CCN(C(=O)C(C)Sc1nnc(-c2ccccc2)n1C)c1ccccc1. The highest BCUT2D eigenvalue weighted by molar-refractivity contribution is 8.00. The number of para-hydroxylation sites is 1. The number of amides is 1. The lowest BCUT2D eigenvalue weighted by molar-refractivity contribution is -0.117. The van der Waals surface area contributed by atoms with Gasteiger partial charge >= 0.3 is 0 Å². The van der Waals surface area contributed by atoms with Crippen molar-refractivity contribution in [3.05, 3.63) is 60.7 Å². The number of anilines is 1. The minimum atomic E-state index is -0.262. The molecule has 0 aliphatic heterocycles. The van der Waals surface area contributed by atoms with Gasteiger partial charge in [-0.3, -0.25) is 4.79 Å². The molecule has 0 spiro atoms. The molecule has 1 heterocycles. The molecule has 0 saturated carbocycles. The van der Waals surface area contributed by atoms with Gasteiger partial charge in [-0.2, -0.15) is 0 Å². The standard InChI is InChI=1S/C20H22N4OS/c1-4-24(17-13-9-6-10-14-17)19(25)15(2)26-20-22-21-18(23(20)3)16-11-7-5-8-12-16/h5-15H,4H2,1-3H3. The highest BCUT2D eigenvalue weighted by Crippen LogP contribution is 2.27. The molecule has 0 saturated heterocycles. The average Bonchev–Trinajstić information content (AvgIpc) is 3.04. The first-order valence-corrected chi connectivity index (χ1v) is 9.47. The van der Waals surface area contributed by atoms with Crippen molar-refractivity contribution in [2.75, 3.05) is 11.4 Å². The second-order valence-corrected chi connectivity index (χ2v) is 7.22. The third-order valence-electron chi connectivity index (χ3n) is 4.15. The molecule has 5 nitrogen and oxygen atoms in total. The first-order chi connectivity index (χ1) is 12.6. The van der Waals surface area contributed by atoms with Crippen LogP contribution in [0.1, 0.15) is 13.8 Å². The van der Waals surface area contributed by atoms with Crippen LogP contribution in [0.25, 0.3) is 11.4 Å². The van der Waals surface area contributed by atoms with E-state index in [0.29, 0.717) is 6.54 Å². The largest absolute Gasteiger partial charge is 0.312 e. The fraction of sp³-hybridized carbons (Fsp3) is 0.250. The van der Waals surface area contributed by atoms with E-state index in [1.807, 2.05) is 86.1 Å². The molecule has 134 valence electrons. The number of hydrogen-bond donors (Lipinski definition) is 0. The summed E-state index contributed by atoms with van der Waals surface area (Å²) in [7, 11) is 1.93. The Kier molecular flexibility index (Phi) is 5.73. The topological polar surface area (TPSA) is 51.0 Å². The third kappa shape index (κ3) is 3.80. The van der Waals surface area contributed by atoms with Gasteiger partial charge in [0.2, 0.25) is 5.91 Å². The predicted molar refractivity (Wildman–Crippen MR) is 106 cm³/mol. The Morgan fingerprint density at radius 3 is 2.31 bits per heavy atom. The summed E-state index contributed by atoms with van der Waals surface area (Å²) in [6.07, 6.45) is 0. The molecule has 3 rings (SSSR count). The van der Waals surface area contributed by atoms with Gasteiger partial charge in [0.1, 0.15) is 0 Å². The summed E-state index contributed by atoms with van der Waals surface area (Å²) >= 11 is 1.43. The van der Waals surface area contributed by atoms with Crippen LogP contribution in [0.5, 0.6) is 0 Å². The number of hydrogen-bond acceptors (Lipinski definition) is 4. The van der Waals surface area contributed by atoms with E-state index in [1.165, 1.54) is 11.8 Å². The monoisotopic (exact) mass is 366 g/mol. The molecule has 1 atom stereocenters. The van der Waals surface area contributed by atoms with Crippen LogP contribution in [-0.2, 0) is 11.8 Å². The van der Waals surface area contributed by atoms with E-state index in [4.69, 9.17) is 0 Å². The lowest BCUT2D eigenvalue weighted by Gasteiger charge is -2.24. The van der Waals surface area contributed by atoms with Crippen molar-refractivity contribution < 1.29 is 4.79 Å². The molecule has 6 heteroatoms. The van der Waals surface area contributed by atoms with Crippen LogP contribution in [0.4, 0.5) is 5.69 Å². The van der Waals surface area contributed by atoms with Crippen LogP contribution in [0, 0.1) is 0 Å². The molecule has 0 fully saturated rings. The number of rotatable bonds is 6. The van der Waals surface area contributed by atoms with Gasteiger partial charge in [0, 0.05) is 24.8 Å². The zero-order chi connectivity index (χ0) is 18.5. The number of aromatic nitrogens is 3. The highest BCUT2D eigenvalue weighted by Gasteiger charge is 2.24. The normalized spacial score (nSPS) is 12.0. The Hall–Kier alpha value is -2.60. The van der Waals surface area contributed by atoms with E-state index < -0.39 is 0 Å². The van der Waals surface area contributed by atoms with Crippen molar-refractivity contribution in [1.29, 1.82) is 0 Å². The van der Waals surface area contributed by atoms with Crippen LogP contribution >= 0.6 is 11.8 Å². The third-order valence-corrected chi connectivity index (χ3v) is 5.27. The van der Waals surface area contributed by atoms with Gasteiger partial charge in [0.25, 0.3) is 0 Å². The molecule has 1 aromatic heterocycles. The van der Waals surface area contributed by atoms with Crippen LogP contribution < -0.4 is 4.90 Å². The predicted octanol–water partition coefficient (Wildman–Crippen LogP) is 4.02. The summed E-state index contributed by atoms with van der Waals surface area (Å²) in [5.74, 6) is 0.858. The zero-order valence-electron chi connectivity index (χ0n) is 15.2. The van der Waals surface area contributed by atoms with Crippen molar-refractivity contribution in [2.24, 2.45) is 7.05 Å². The number of thioether (sulfide) groups is 1. The van der Waals surface area contributed by atoms with Gasteiger partial charge in [0.15, 0.2) is 11.0 Å². The molecule has 0 N–H and O–H groups in total. The minimum absolute atomic E-state index is 0.0629. The van der Waals surface area contributed by atoms with Gasteiger partial charge in [-0.15, -0.1) is 10.2 Å². The van der Waals surface area contributed by atoms with Gasteiger partial charge in [-0.25, -0.2) is 0 Å². The Balaban J connectivity index is 1.76. The zero-order valence-corrected chi connectivity index (χ0v) is 16.0. The Morgan fingerprint density at radius 2 is 1.69 bits per heavy atom. The molecule has 3 aromatic rings. The van der Waals surface area contributed by atoms with Crippen molar-refractivity contribution in [3.63, 3.8) is 0 Å². The molecular formula is C20H22N4OS. The summed E-state index contributed by atoms with van der Waals surface area (Å²) in [4.78, 5) is 14.7. The summed E-state index contributed by atoms with van der Waals surface area (Å²) in [5, 5.41) is 9.03. The van der Waals surface area contributed by atoms with Crippen LogP contribution in [0.15, 0.2) is 65.8 Å². The maximum atomic E-state index is 12.9. The molecule has 2 aromatic carbocycles. The van der Waals surface area contributed by atoms with Crippen LogP contribution in [-0.4, -0.2) is 32.5 Å². The second kappa shape index (κ2) is 8.19. The van der Waals surface area contributed by atoms with E-state index in [9.17, 15) is 4.79 Å². The lowest BCUT2D eigenvalue weighted by Crippen LogP contribution is -2.36. The molecule has 0 aliphatic rings. The molecule has 0 aliphatic carbocycles. The Morgan fingerprint density at radius 1 is 1.08 bits per heavy atom. The van der Waals surface area contributed by atoms with Gasteiger partial charge in [-0.1, -0.05) is 60.3 Å². The van der Waals surface area contributed by atoms with E-state index in [1.54, 1.807) is 4.90 Å². The Bertz CT molecular complexity index is 864. The molecule has 26 heavy (non-hydrogen) atoms. The lowest BCUT2D eigenvalue weighted by atomic mass is 10.2.